The molecule has 3 aliphatic heterocycles. The molecule has 2 saturated heterocycles. The Kier molecular flexibility index (Phi) is 5.20. The molecule has 1 saturated carbocycles. The molecule has 178 valence electrons. The van der Waals surface area contributed by atoms with Crippen molar-refractivity contribution in [2.45, 2.75) is 43.2 Å². The summed E-state index contributed by atoms with van der Waals surface area (Å²) in [5.41, 5.74) is 1.93. The molecule has 1 aromatic heterocycles. The van der Waals surface area contributed by atoms with Gasteiger partial charge in [-0.05, 0) is 67.8 Å². The molecule has 0 bridgehead atoms. The topological polar surface area (TPSA) is 83.0 Å². The van der Waals surface area contributed by atoms with Gasteiger partial charge in [-0.15, -0.1) is 0 Å². The van der Waals surface area contributed by atoms with E-state index in [-0.39, 0.29) is 23.8 Å². The number of methoxy groups -OCH3 is 1. The first-order valence-corrected chi connectivity index (χ1v) is 12.4. The second-order valence-electron chi connectivity index (χ2n) is 10.1. The van der Waals surface area contributed by atoms with E-state index in [2.05, 4.69) is 16.0 Å². The number of hydrogen-bond acceptors (Lipinski definition) is 6. The first-order chi connectivity index (χ1) is 16.5. The number of carbonyl (C=O) groups excluding carboxylic acids is 2. The number of anilines is 2. The van der Waals surface area contributed by atoms with Crippen molar-refractivity contribution >= 4 is 34.9 Å². The Hall–Kier alpha value is -2.48. The molecule has 1 aliphatic carbocycles. The van der Waals surface area contributed by atoms with Crippen LogP contribution in [0.3, 0.4) is 0 Å². The number of benzene rings is 1. The molecule has 6 atom stereocenters. The lowest BCUT2D eigenvalue weighted by molar-refractivity contribution is -0.159. The summed E-state index contributed by atoms with van der Waals surface area (Å²) < 4.78 is 5.09. The number of piperidine rings is 1. The maximum atomic E-state index is 14.3. The Labute approximate surface area is 203 Å². The summed E-state index contributed by atoms with van der Waals surface area (Å²) >= 11 is 6.02. The molecule has 1 amide bonds. The number of pyridine rings is 1. The third kappa shape index (κ3) is 3.00. The van der Waals surface area contributed by atoms with E-state index in [0.717, 1.165) is 37.2 Å². The lowest BCUT2D eigenvalue weighted by atomic mass is 9.62. The molecular weight excluding hydrogens is 454 g/mol. The summed E-state index contributed by atoms with van der Waals surface area (Å²) in [5, 5.41) is 11.1. The summed E-state index contributed by atoms with van der Waals surface area (Å²) in [5.74, 6) is -0.503. The normalized spacial score (nSPS) is 34.6. The van der Waals surface area contributed by atoms with Crippen molar-refractivity contribution in [3.63, 3.8) is 0 Å². The van der Waals surface area contributed by atoms with Gasteiger partial charge in [-0.3, -0.25) is 19.4 Å². The zero-order valence-electron chi connectivity index (χ0n) is 19.1. The van der Waals surface area contributed by atoms with Gasteiger partial charge in [0.25, 0.3) is 0 Å². The molecule has 0 radical (unpaired) electrons. The van der Waals surface area contributed by atoms with Crippen LogP contribution in [0.2, 0.25) is 5.15 Å². The Morgan fingerprint density at radius 1 is 1.24 bits per heavy atom. The highest BCUT2D eigenvalue weighted by molar-refractivity contribution is 6.29. The van der Waals surface area contributed by atoms with Crippen molar-refractivity contribution in [2.24, 2.45) is 17.8 Å². The Bertz CT molecular complexity index is 1140. The third-order valence-corrected chi connectivity index (χ3v) is 8.96. The number of carbonyl (C=O) groups is 2. The molecule has 1 aromatic carbocycles. The molecule has 7 nitrogen and oxygen atoms in total. The molecule has 6 rings (SSSR count). The maximum absolute atomic E-state index is 14.3. The number of aliphatic hydroxyl groups excluding tert-OH is 1. The molecule has 1 N–H and O–H groups in total. The minimum atomic E-state index is -0.694. The van der Waals surface area contributed by atoms with Crippen molar-refractivity contribution in [1.82, 2.24) is 9.88 Å². The molecule has 3 fully saturated rings. The predicted molar refractivity (Wildman–Crippen MR) is 127 cm³/mol. The van der Waals surface area contributed by atoms with Crippen LogP contribution in [0.25, 0.3) is 0 Å². The smallest absolute Gasteiger partial charge is 0.311 e. The van der Waals surface area contributed by atoms with Gasteiger partial charge in [0.2, 0.25) is 5.91 Å². The number of amides is 1. The van der Waals surface area contributed by atoms with Gasteiger partial charge in [-0.2, -0.15) is 0 Å². The molecule has 34 heavy (non-hydrogen) atoms. The van der Waals surface area contributed by atoms with Crippen molar-refractivity contribution in [2.75, 3.05) is 25.1 Å². The number of esters is 1. The third-order valence-electron chi connectivity index (χ3n) is 8.74. The van der Waals surface area contributed by atoms with Crippen LogP contribution in [0.1, 0.15) is 31.2 Å². The molecule has 4 heterocycles. The van der Waals surface area contributed by atoms with Crippen LogP contribution in [0.4, 0.5) is 11.4 Å². The van der Waals surface area contributed by atoms with Crippen LogP contribution in [-0.4, -0.2) is 59.2 Å². The van der Waals surface area contributed by atoms with Gasteiger partial charge in [0, 0.05) is 12.6 Å². The van der Waals surface area contributed by atoms with E-state index < -0.39 is 17.4 Å². The van der Waals surface area contributed by atoms with Crippen molar-refractivity contribution in [3.05, 3.63) is 53.3 Å². The second kappa shape index (κ2) is 8.04. The van der Waals surface area contributed by atoms with Crippen LogP contribution in [-0.2, 0) is 19.7 Å². The van der Waals surface area contributed by atoms with Crippen LogP contribution in [0.15, 0.2) is 42.6 Å². The molecule has 2 aromatic rings. The number of aromatic nitrogens is 1. The Morgan fingerprint density at radius 2 is 2.06 bits per heavy atom. The van der Waals surface area contributed by atoms with Crippen molar-refractivity contribution in [1.29, 1.82) is 0 Å². The van der Waals surface area contributed by atoms with E-state index in [4.69, 9.17) is 16.3 Å². The molecule has 4 aliphatic rings. The summed E-state index contributed by atoms with van der Waals surface area (Å²) in [4.78, 5) is 35.4. The highest BCUT2D eigenvalue weighted by atomic mass is 35.5. The monoisotopic (exact) mass is 481 g/mol. The number of para-hydroxylation sites is 1. The minimum Gasteiger partial charge on any atom is -0.469 e. The van der Waals surface area contributed by atoms with E-state index in [1.807, 2.05) is 24.3 Å². The van der Waals surface area contributed by atoms with Crippen LogP contribution in [0, 0.1) is 17.8 Å². The molecule has 1 spiro atoms. The quantitative estimate of drug-likeness (QED) is 0.523. The number of halogens is 1. The number of ether oxygens (including phenoxy) is 1. The summed E-state index contributed by atoms with van der Waals surface area (Å²) in [7, 11) is 1.39. The van der Waals surface area contributed by atoms with Gasteiger partial charge < -0.3 is 9.84 Å². The van der Waals surface area contributed by atoms with Crippen LogP contribution < -0.4 is 4.90 Å². The van der Waals surface area contributed by atoms with E-state index in [1.54, 1.807) is 17.2 Å². The number of aliphatic hydroxyl groups is 1. The van der Waals surface area contributed by atoms with Crippen molar-refractivity contribution in [3.8, 4) is 0 Å². The van der Waals surface area contributed by atoms with E-state index in [9.17, 15) is 14.7 Å². The molecule has 0 unspecified atom stereocenters. The summed E-state index contributed by atoms with van der Waals surface area (Å²) in [6, 6.07) is 11.5. The van der Waals surface area contributed by atoms with Gasteiger partial charge in [0.15, 0.2) is 0 Å². The SMILES string of the molecule is COC(=O)[C@@H]1[C@H]2C[C@@H]3N(CC[C@@]34C(=O)N(c3ccc(Cl)nc3)c3ccccc34)C[C@@H]2CC[C@@H]1O. The highest BCUT2D eigenvalue weighted by Gasteiger charge is 2.63. The van der Waals surface area contributed by atoms with Crippen LogP contribution >= 0.6 is 11.6 Å². The average molecular weight is 482 g/mol. The summed E-state index contributed by atoms with van der Waals surface area (Å²) in [6.45, 7) is 1.68. The predicted octanol–water partition coefficient (Wildman–Crippen LogP) is 3.31. The minimum absolute atomic E-state index is 0.00126. The zero-order valence-corrected chi connectivity index (χ0v) is 19.8. The zero-order chi connectivity index (χ0) is 23.6. The fraction of sp³-hybridized carbons (Fsp3) is 0.500. The Balaban J connectivity index is 1.42. The van der Waals surface area contributed by atoms with Gasteiger partial charge >= 0.3 is 5.97 Å². The van der Waals surface area contributed by atoms with Crippen molar-refractivity contribution < 1.29 is 19.4 Å². The largest absolute Gasteiger partial charge is 0.469 e. The number of hydrogen-bond donors (Lipinski definition) is 1. The fourth-order valence-electron chi connectivity index (χ4n) is 7.26. The fourth-order valence-corrected chi connectivity index (χ4v) is 7.37. The van der Waals surface area contributed by atoms with Crippen LogP contribution in [0.5, 0.6) is 0 Å². The molecular formula is C26H28ClN3O4. The summed E-state index contributed by atoms with van der Waals surface area (Å²) in [6.07, 6.45) is 3.88. The lowest BCUT2D eigenvalue weighted by Gasteiger charge is -2.50. The number of fused-ring (bicyclic) bond motifs is 5. The first-order valence-electron chi connectivity index (χ1n) is 12.0. The Morgan fingerprint density at radius 3 is 2.82 bits per heavy atom. The second-order valence-corrected chi connectivity index (χ2v) is 10.5. The maximum Gasteiger partial charge on any atom is 0.311 e. The van der Waals surface area contributed by atoms with E-state index >= 15 is 0 Å². The number of nitrogens with zero attached hydrogens (tertiary/aromatic N) is 3. The molecule has 8 heteroatoms. The van der Waals surface area contributed by atoms with E-state index in [0.29, 0.717) is 29.6 Å². The number of rotatable bonds is 2. The van der Waals surface area contributed by atoms with Gasteiger partial charge in [0.1, 0.15) is 5.15 Å². The van der Waals surface area contributed by atoms with Gasteiger partial charge in [0.05, 0.1) is 42.1 Å². The van der Waals surface area contributed by atoms with Gasteiger partial charge in [-0.25, -0.2) is 4.98 Å². The highest BCUT2D eigenvalue weighted by Crippen LogP contribution is 2.57. The lowest BCUT2D eigenvalue weighted by Crippen LogP contribution is -2.58. The first kappa shape index (κ1) is 22.0. The van der Waals surface area contributed by atoms with E-state index in [1.165, 1.54) is 7.11 Å². The average Bonchev–Trinajstić information content (AvgIpc) is 3.34. The van der Waals surface area contributed by atoms with Gasteiger partial charge in [-0.1, -0.05) is 29.8 Å². The standard InChI is InChI=1S/C26H28ClN3O4/c1-34-24(32)23-17-12-21-26(10-11-29(21)14-15(17)6-8-20(23)31)18-4-2-3-5-19(18)30(25(26)33)16-7-9-22(27)28-13-16/h2-5,7,9,13,15,17,20-21,23,31H,6,8,10-12,14H2,1H3/t15-,17-,20-,21-,23+,26-/m0/s1.